The molecule has 0 spiro atoms. The molecule has 0 aliphatic rings. The van der Waals surface area contributed by atoms with Crippen molar-refractivity contribution in [3.63, 3.8) is 0 Å². The number of hydrogen-bond donors (Lipinski definition) is 2. The summed E-state index contributed by atoms with van der Waals surface area (Å²) in [6, 6.07) is 9.81. The van der Waals surface area contributed by atoms with Crippen molar-refractivity contribution in [1.29, 1.82) is 0 Å². The molecule has 0 saturated carbocycles. The van der Waals surface area contributed by atoms with Crippen LogP contribution in [0.5, 0.6) is 0 Å². The van der Waals surface area contributed by atoms with Crippen LogP contribution < -0.4 is 5.32 Å². The molecule has 2 rings (SSSR count). The van der Waals surface area contributed by atoms with Gasteiger partial charge in [-0.05, 0) is 37.1 Å². The summed E-state index contributed by atoms with van der Waals surface area (Å²) >= 11 is 6.13. The van der Waals surface area contributed by atoms with Gasteiger partial charge in [-0.3, -0.25) is 0 Å². The van der Waals surface area contributed by atoms with Crippen LogP contribution in [0.15, 0.2) is 34.7 Å². The lowest BCUT2D eigenvalue weighted by molar-refractivity contribution is 0.235. The number of aliphatic hydroxyl groups is 1. The largest absolute Gasteiger partial charge is 0.460 e. The van der Waals surface area contributed by atoms with E-state index >= 15 is 0 Å². The van der Waals surface area contributed by atoms with Gasteiger partial charge in [0.15, 0.2) is 0 Å². The van der Waals surface area contributed by atoms with Crippen LogP contribution in [0.3, 0.4) is 0 Å². The monoisotopic (exact) mass is 293 g/mol. The normalized spacial score (nSPS) is 12.6. The third kappa shape index (κ3) is 3.42. The first-order chi connectivity index (χ1) is 9.65. The van der Waals surface area contributed by atoms with Gasteiger partial charge in [0.1, 0.15) is 11.5 Å². The molecule has 0 radical (unpaired) electrons. The first-order valence-corrected chi connectivity index (χ1v) is 7.22. The van der Waals surface area contributed by atoms with E-state index in [0.29, 0.717) is 6.54 Å². The molecule has 20 heavy (non-hydrogen) atoms. The van der Waals surface area contributed by atoms with Crippen molar-refractivity contribution in [2.45, 2.75) is 32.9 Å². The summed E-state index contributed by atoms with van der Waals surface area (Å²) in [7, 11) is 0. The van der Waals surface area contributed by atoms with Gasteiger partial charge in [0.2, 0.25) is 0 Å². The van der Waals surface area contributed by atoms with Crippen LogP contribution >= 0.6 is 11.6 Å². The van der Waals surface area contributed by atoms with Crippen molar-refractivity contribution in [3.05, 3.63) is 46.7 Å². The van der Waals surface area contributed by atoms with Gasteiger partial charge in [-0.15, -0.1) is 0 Å². The molecule has 0 saturated heterocycles. The van der Waals surface area contributed by atoms with Crippen LogP contribution in [-0.2, 0) is 6.54 Å². The van der Waals surface area contributed by atoms with Gasteiger partial charge in [-0.25, -0.2) is 0 Å². The predicted octanol–water partition coefficient (Wildman–Crippen LogP) is 3.77. The summed E-state index contributed by atoms with van der Waals surface area (Å²) in [5.41, 5.74) is 2.03. The summed E-state index contributed by atoms with van der Waals surface area (Å²) in [6.45, 7) is 4.77. The minimum Gasteiger partial charge on any atom is -0.460 e. The molecule has 2 aromatic rings. The average Bonchev–Trinajstić information content (AvgIpc) is 2.92. The second kappa shape index (κ2) is 6.93. The van der Waals surface area contributed by atoms with Crippen molar-refractivity contribution in [3.8, 4) is 11.3 Å². The first-order valence-electron chi connectivity index (χ1n) is 6.84. The van der Waals surface area contributed by atoms with E-state index in [1.807, 2.05) is 44.2 Å². The maximum absolute atomic E-state index is 9.15. The van der Waals surface area contributed by atoms with Crippen LogP contribution in [0.1, 0.15) is 24.7 Å². The number of hydrogen-bond acceptors (Lipinski definition) is 3. The Labute approximate surface area is 124 Å². The van der Waals surface area contributed by atoms with Crippen LogP contribution in [-0.4, -0.2) is 17.8 Å². The van der Waals surface area contributed by atoms with Gasteiger partial charge in [0.25, 0.3) is 0 Å². The van der Waals surface area contributed by atoms with E-state index in [2.05, 4.69) is 5.32 Å². The molecular formula is C16H20ClNO2. The highest BCUT2D eigenvalue weighted by atomic mass is 35.5. The van der Waals surface area contributed by atoms with Gasteiger partial charge in [-0.1, -0.05) is 30.7 Å². The van der Waals surface area contributed by atoms with Crippen LogP contribution in [0.2, 0.25) is 5.02 Å². The fourth-order valence-electron chi connectivity index (χ4n) is 2.07. The Balaban J connectivity index is 2.11. The second-order valence-corrected chi connectivity index (χ2v) is 5.25. The molecule has 0 unspecified atom stereocenters. The van der Waals surface area contributed by atoms with Gasteiger partial charge in [0.05, 0.1) is 13.2 Å². The molecule has 1 heterocycles. The second-order valence-electron chi connectivity index (χ2n) is 4.85. The number of aliphatic hydroxyl groups excluding tert-OH is 1. The highest BCUT2D eigenvalue weighted by Gasteiger charge is 2.10. The maximum atomic E-state index is 9.15. The van der Waals surface area contributed by atoms with Crippen molar-refractivity contribution in [2.24, 2.45) is 0 Å². The zero-order chi connectivity index (χ0) is 14.5. The van der Waals surface area contributed by atoms with E-state index < -0.39 is 0 Å². The third-order valence-electron chi connectivity index (χ3n) is 3.47. The van der Waals surface area contributed by atoms with E-state index in [-0.39, 0.29) is 12.6 Å². The number of halogens is 1. The van der Waals surface area contributed by atoms with Gasteiger partial charge < -0.3 is 14.8 Å². The SMILES string of the molecule is CC[C@H](CO)NCc1ccc(-c2cccc(Cl)c2C)o1. The first kappa shape index (κ1) is 15.1. The Bertz CT molecular complexity index is 561. The zero-order valence-corrected chi connectivity index (χ0v) is 12.6. The minimum absolute atomic E-state index is 0.108. The molecule has 1 atom stereocenters. The molecule has 0 aliphatic carbocycles. The average molecular weight is 294 g/mol. The van der Waals surface area contributed by atoms with Crippen molar-refractivity contribution in [1.82, 2.24) is 5.32 Å². The molecule has 0 aliphatic heterocycles. The summed E-state index contributed by atoms with van der Waals surface area (Å²) < 4.78 is 5.84. The van der Waals surface area contributed by atoms with E-state index in [1.54, 1.807) is 0 Å². The lowest BCUT2D eigenvalue weighted by Crippen LogP contribution is -2.30. The van der Waals surface area contributed by atoms with Gasteiger partial charge in [-0.2, -0.15) is 0 Å². The Morgan fingerprint density at radius 1 is 1.30 bits per heavy atom. The molecule has 4 heteroatoms. The topological polar surface area (TPSA) is 45.4 Å². The van der Waals surface area contributed by atoms with Crippen molar-refractivity contribution < 1.29 is 9.52 Å². The van der Waals surface area contributed by atoms with Crippen LogP contribution in [0, 0.1) is 6.92 Å². The molecule has 1 aromatic carbocycles. The number of furan rings is 1. The van der Waals surface area contributed by atoms with E-state index in [0.717, 1.165) is 34.1 Å². The van der Waals surface area contributed by atoms with Crippen molar-refractivity contribution >= 4 is 11.6 Å². The summed E-state index contributed by atoms with van der Waals surface area (Å²) in [5, 5.41) is 13.1. The zero-order valence-electron chi connectivity index (χ0n) is 11.8. The predicted molar refractivity (Wildman–Crippen MR) is 81.9 cm³/mol. The smallest absolute Gasteiger partial charge is 0.134 e. The number of rotatable bonds is 6. The Morgan fingerprint density at radius 3 is 2.80 bits per heavy atom. The standard InChI is InChI=1S/C16H20ClNO2/c1-3-12(10-19)18-9-13-7-8-16(20-13)14-5-4-6-15(17)11(14)2/h4-8,12,18-19H,3,9-10H2,1-2H3/t12-/m1/s1. The summed E-state index contributed by atoms with van der Waals surface area (Å²) in [6.07, 6.45) is 0.886. The minimum atomic E-state index is 0.108. The van der Waals surface area contributed by atoms with Crippen LogP contribution in [0.4, 0.5) is 0 Å². The molecular weight excluding hydrogens is 274 g/mol. The van der Waals surface area contributed by atoms with Gasteiger partial charge >= 0.3 is 0 Å². The highest BCUT2D eigenvalue weighted by Crippen LogP contribution is 2.29. The van der Waals surface area contributed by atoms with E-state index in [4.69, 9.17) is 21.1 Å². The molecule has 1 aromatic heterocycles. The molecule has 108 valence electrons. The lowest BCUT2D eigenvalue weighted by atomic mass is 10.1. The summed E-state index contributed by atoms with van der Waals surface area (Å²) in [4.78, 5) is 0. The number of benzene rings is 1. The third-order valence-corrected chi connectivity index (χ3v) is 3.88. The Morgan fingerprint density at radius 2 is 2.10 bits per heavy atom. The Hall–Kier alpha value is -1.29. The molecule has 0 amide bonds. The fourth-order valence-corrected chi connectivity index (χ4v) is 2.25. The molecule has 3 nitrogen and oxygen atoms in total. The maximum Gasteiger partial charge on any atom is 0.134 e. The molecule has 0 bridgehead atoms. The Kier molecular flexibility index (Phi) is 5.24. The summed E-state index contributed by atoms with van der Waals surface area (Å²) in [5.74, 6) is 1.67. The van der Waals surface area contributed by atoms with E-state index in [9.17, 15) is 0 Å². The van der Waals surface area contributed by atoms with Crippen molar-refractivity contribution in [2.75, 3.05) is 6.61 Å². The lowest BCUT2D eigenvalue weighted by Gasteiger charge is -2.12. The highest BCUT2D eigenvalue weighted by molar-refractivity contribution is 6.31. The molecule has 0 fully saturated rings. The quantitative estimate of drug-likeness (QED) is 0.852. The van der Waals surface area contributed by atoms with E-state index in [1.165, 1.54) is 0 Å². The van der Waals surface area contributed by atoms with Gasteiger partial charge in [0, 0.05) is 16.6 Å². The molecule has 2 N–H and O–H groups in total. The van der Waals surface area contributed by atoms with Crippen LogP contribution in [0.25, 0.3) is 11.3 Å². The fraction of sp³-hybridized carbons (Fsp3) is 0.375. The number of nitrogens with one attached hydrogen (secondary N) is 1.